The fraction of sp³-hybridized carbons (Fsp3) is 0.600. The van der Waals surface area contributed by atoms with Gasteiger partial charge in [-0.3, -0.25) is 0 Å². The van der Waals surface area contributed by atoms with E-state index in [4.69, 9.17) is 5.11 Å². The molecule has 0 spiro atoms. The molecule has 0 aliphatic rings. The predicted octanol–water partition coefficient (Wildman–Crippen LogP) is 0.327. The van der Waals surface area contributed by atoms with Gasteiger partial charge < -0.3 is 14.6 Å². The van der Waals surface area contributed by atoms with E-state index >= 15 is 0 Å². The largest absolute Gasteiger partial charge is 0.553 e. The Morgan fingerprint density at radius 1 is 1.31 bits per heavy atom. The fourth-order valence-electron chi connectivity index (χ4n) is 0.292. The van der Waals surface area contributed by atoms with Gasteiger partial charge in [0, 0.05) is 7.11 Å². The van der Waals surface area contributed by atoms with Gasteiger partial charge in [-0.25, -0.2) is 9.68 Å². The molecule has 0 aliphatic heterocycles. The molecule has 0 saturated heterocycles. The second-order valence-corrected chi connectivity index (χ2v) is 1.58. The van der Waals surface area contributed by atoms with Crippen molar-refractivity contribution in [1.82, 2.24) is 0 Å². The first-order valence-electron chi connectivity index (χ1n) is 3.06. The second-order valence-electron chi connectivity index (χ2n) is 1.58. The summed E-state index contributed by atoms with van der Waals surface area (Å²) in [5.74, 6) is 0. The van der Waals surface area contributed by atoms with E-state index in [1.807, 2.05) is 0 Å². The van der Waals surface area contributed by atoms with Crippen LogP contribution in [0.25, 0.3) is 0 Å². The molecule has 8 nitrogen and oxygen atoms in total. The van der Waals surface area contributed by atoms with Crippen molar-refractivity contribution in [1.29, 1.82) is 0 Å². The molecule has 0 aromatic carbocycles. The highest BCUT2D eigenvalue weighted by Crippen LogP contribution is 1.88. The van der Waals surface area contributed by atoms with Crippen LogP contribution in [-0.2, 0) is 24.3 Å². The molecule has 13 heavy (non-hydrogen) atoms. The van der Waals surface area contributed by atoms with Crippen LogP contribution in [0.2, 0.25) is 0 Å². The van der Waals surface area contributed by atoms with Gasteiger partial charge in [0.1, 0.15) is 6.61 Å². The van der Waals surface area contributed by atoms with Crippen molar-refractivity contribution >= 4 is 12.3 Å². The predicted molar refractivity (Wildman–Crippen MR) is 34.5 cm³/mol. The van der Waals surface area contributed by atoms with Crippen molar-refractivity contribution in [3.05, 3.63) is 0 Å². The molecule has 0 aliphatic carbocycles. The smallest absolute Gasteiger partial charge is 0.449 e. The van der Waals surface area contributed by atoms with Crippen molar-refractivity contribution in [2.75, 3.05) is 20.3 Å². The molecule has 0 saturated carbocycles. The Morgan fingerprint density at radius 3 is 2.54 bits per heavy atom. The van der Waals surface area contributed by atoms with Crippen LogP contribution < -0.4 is 0 Å². The Hall–Kier alpha value is -1.38. The van der Waals surface area contributed by atoms with Gasteiger partial charge in [0.15, 0.2) is 0 Å². The number of carboxylic acid groups (broad SMARTS) is 1. The van der Waals surface area contributed by atoms with Crippen LogP contribution in [0.15, 0.2) is 0 Å². The summed E-state index contributed by atoms with van der Waals surface area (Å²) in [7, 11) is 1.43. The molecule has 0 unspecified atom stereocenters. The molecule has 0 radical (unpaired) electrons. The Morgan fingerprint density at radius 2 is 2.00 bits per heavy atom. The lowest BCUT2D eigenvalue weighted by atomic mass is 10.8. The van der Waals surface area contributed by atoms with Gasteiger partial charge in [0.2, 0.25) is 0 Å². The topological polar surface area (TPSA) is 101 Å². The second kappa shape index (κ2) is 7.28. The van der Waals surface area contributed by atoms with Crippen LogP contribution in [0.3, 0.4) is 0 Å². The van der Waals surface area contributed by atoms with E-state index in [1.165, 1.54) is 7.11 Å². The van der Waals surface area contributed by atoms with Crippen LogP contribution in [-0.4, -0.2) is 37.7 Å². The summed E-state index contributed by atoms with van der Waals surface area (Å²) in [4.78, 5) is 27.8. The molecule has 0 bridgehead atoms. The molecule has 0 aromatic heterocycles. The maximum atomic E-state index is 10.2. The summed E-state index contributed by atoms with van der Waals surface area (Å²) in [6.07, 6.45) is -3.34. The summed E-state index contributed by atoms with van der Waals surface area (Å²) in [5.41, 5.74) is 0. The average Bonchev–Trinajstić information content (AvgIpc) is 2.02. The molecule has 0 fully saturated rings. The quantitative estimate of drug-likeness (QED) is 0.220. The molecule has 76 valence electrons. The maximum absolute atomic E-state index is 10.2. The summed E-state index contributed by atoms with van der Waals surface area (Å²) < 4.78 is 8.02. The molecule has 1 N–H and O–H groups in total. The first-order valence-corrected chi connectivity index (χ1v) is 3.06. The van der Waals surface area contributed by atoms with Gasteiger partial charge >= 0.3 is 12.3 Å². The molecular weight excluding hydrogens is 188 g/mol. The first kappa shape index (κ1) is 11.6. The van der Waals surface area contributed by atoms with Crippen molar-refractivity contribution in [3.63, 3.8) is 0 Å². The standard InChI is InChI=1S/C5H8O8/c1-9-2-3-10-13-12-5(8)11-4(6)7/h2-3H2,1H3,(H,6,7). The molecule has 0 rings (SSSR count). The monoisotopic (exact) mass is 196 g/mol. The van der Waals surface area contributed by atoms with Crippen LogP contribution in [0.4, 0.5) is 9.59 Å². The minimum absolute atomic E-state index is 0.0247. The zero-order valence-corrected chi connectivity index (χ0v) is 6.72. The number of rotatable bonds is 5. The van der Waals surface area contributed by atoms with Gasteiger partial charge in [-0.2, -0.15) is 9.68 Å². The Labute approximate surface area is 72.7 Å². The summed E-state index contributed by atoms with van der Waals surface area (Å²) >= 11 is 0. The number of hydrogen-bond acceptors (Lipinski definition) is 7. The Kier molecular flexibility index (Phi) is 6.51. The minimum Gasteiger partial charge on any atom is -0.449 e. The third-order valence-corrected chi connectivity index (χ3v) is 0.692. The van der Waals surface area contributed by atoms with E-state index in [2.05, 4.69) is 24.3 Å². The average molecular weight is 196 g/mol. The number of carbonyl (C=O) groups excluding carboxylic acids is 1. The molecule has 0 atom stereocenters. The summed E-state index contributed by atoms with van der Waals surface area (Å²) in [6.45, 7) is 0.258. The molecule has 0 heterocycles. The highest BCUT2D eigenvalue weighted by Gasteiger charge is 2.10. The number of carbonyl (C=O) groups is 2. The minimum atomic E-state index is -1.80. The van der Waals surface area contributed by atoms with E-state index in [0.717, 1.165) is 0 Å². The normalized spacial score (nSPS) is 9.31. The van der Waals surface area contributed by atoms with Gasteiger partial charge in [0.05, 0.1) is 6.61 Å². The van der Waals surface area contributed by atoms with Crippen molar-refractivity contribution in [2.45, 2.75) is 0 Å². The van der Waals surface area contributed by atoms with Crippen LogP contribution in [0.5, 0.6) is 0 Å². The van der Waals surface area contributed by atoms with E-state index in [9.17, 15) is 9.59 Å². The highest BCUT2D eigenvalue weighted by molar-refractivity contribution is 5.75. The highest BCUT2D eigenvalue weighted by atomic mass is 17.5. The molecule has 8 heteroatoms. The third kappa shape index (κ3) is 8.53. The van der Waals surface area contributed by atoms with Crippen molar-refractivity contribution in [2.24, 2.45) is 0 Å². The number of hydrogen-bond donors (Lipinski definition) is 1. The number of methoxy groups -OCH3 is 1. The van der Waals surface area contributed by atoms with Crippen LogP contribution in [0, 0.1) is 0 Å². The molecule has 0 aromatic rings. The lowest BCUT2D eigenvalue weighted by molar-refractivity contribution is -0.486. The van der Waals surface area contributed by atoms with Gasteiger partial charge in [-0.1, -0.05) is 0 Å². The lowest BCUT2D eigenvalue weighted by Crippen LogP contribution is -2.13. The Balaban J connectivity index is 3.22. The zero-order valence-electron chi connectivity index (χ0n) is 6.72. The van der Waals surface area contributed by atoms with E-state index in [-0.39, 0.29) is 13.2 Å². The fourth-order valence-corrected chi connectivity index (χ4v) is 0.292. The van der Waals surface area contributed by atoms with Gasteiger partial charge in [-0.15, -0.1) is 0 Å². The van der Waals surface area contributed by atoms with Crippen molar-refractivity contribution in [3.8, 4) is 0 Å². The van der Waals surface area contributed by atoms with Gasteiger partial charge in [0.25, 0.3) is 0 Å². The first-order chi connectivity index (χ1) is 6.16. The Bertz CT molecular complexity index is 166. The number of ether oxygens (including phenoxy) is 2. The maximum Gasteiger partial charge on any atom is 0.553 e. The van der Waals surface area contributed by atoms with Crippen LogP contribution >= 0.6 is 0 Å². The van der Waals surface area contributed by atoms with E-state index in [1.54, 1.807) is 0 Å². The lowest BCUT2D eigenvalue weighted by Gasteiger charge is -2.00. The van der Waals surface area contributed by atoms with E-state index < -0.39 is 12.3 Å². The summed E-state index contributed by atoms with van der Waals surface area (Å²) in [6, 6.07) is 0. The molecule has 0 amide bonds. The van der Waals surface area contributed by atoms with Crippen molar-refractivity contribution < 1.29 is 39.0 Å². The zero-order chi connectivity index (χ0) is 10.1. The summed E-state index contributed by atoms with van der Waals surface area (Å²) in [5, 5.41) is 11.7. The third-order valence-electron chi connectivity index (χ3n) is 0.692. The van der Waals surface area contributed by atoms with Crippen LogP contribution in [0.1, 0.15) is 0 Å². The van der Waals surface area contributed by atoms with Gasteiger partial charge in [-0.05, 0) is 5.04 Å². The van der Waals surface area contributed by atoms with E-state index in [0.29, 0.717) is 0 Å². The molecular formula is C5H8O8. The SMILES string of the molecule is COCCOOOC(=O)OC(=O)O.